The Kier molecular flexibility index (Phi) is 5.70. The molecule has 0 saturated carbocycles. The van der Waals surface area contributed by atoms with Crippen molar-refractivity contribution >= 4 is 53.5 Å². The highest BCUT2D eigenvalue weighted by Crippen LogP contribution is 2.29. The molecule has 12 heteroatoms. The standard InChI is InChI=1S/C9H7Cl2N7O2.ClH/c10-6-2-7(11)8(18(19)20)1-5(6)3-13-15-9-16-14-4-17(9)12;/h1-4H,12H2,(H,15,16);1H/b13-3+;. The molecule has 0 atom stereocenters. The number of nitrogen functional groups attached to an aromatic ring is 1. The maximum Gasteiger partial charge on any atom is 0.288 e. The van der Waals surface area contributed by atoms with Crippen molar-refractivity contribution < 1.29 is 4.92 Å². The molecule has 9 nitrogen and oxygen atoms in total. The number of hydrogen-bond acceptors (Lipinski definition) is 7. The lowest BCUT2D eigenvalue weighted by Crippen LogP contribution is -2.10. The van der Waals surface area contributed by atoms with Crippen LogP contribution in [0.1, 0.15) is 5.56 Å². The van der Waals surface area contributed by atoms with E-state index in [9.17, 15) is 10.1 Å². The summed E-state index contributed by atoms with van der Waals surface area (Å²) in [5.41, 5.74) is 2.56. The molecule has 0 aliphatic carbocycles. The Balaban J connectivity index is 0.00000220. The first-order valence-electron chi connectivity index (χ1n) is 5.06. The summed E-state index contributed by atoms with van der Waals surface area (Å²) < 4.78 is 1.11. The number of benzene rings is 1. The summed E-state index contributed by atoms with van der Waals surface area (Å²) in [6, 6.07) is 2.48. The Morgan fingerprint density at radius 1 is 1.43 bits per heavy atom. The molecule has 0 aliphatic rings. The molecule has 2 rings (SSSR count). The normalized spacial score (nSPS) is 10.4. The molecule has 1 aromatic carbocycles. The number of aromatic nitrogens is 3. The van der Waals surface area contributed by atoms with Crippen molar-refractivity contribution in [2.75, 3.05) is 11.3 Å². The fraction of sp³-hybridized carbons (Fsp3) is 0. The Labute approximate surface area is 134 Å². The summed E-state index contributed by atoms with van der Waals surface area (Å²) >= 11 is 11.6. The fourth-order valence-corrected chi connectivity index (χ4v) is 1.78. The number of nitrogens with one attached hydrogen (secondary N) is 1. The maximum absolute atomic E-state index is 10.8. The maximum atomic E-state index is 10.8. The van der Waals surface area contributed by atoms with Crippen LogP contribution in [0.25, 0.3) is 0 Å². The average molecular weight is 353 g/mol. The predicted molar refractivity (Wildman–Crippen MR) is 81.8 cm³/mol. The second kappa shape index (κ2) is 7.07. The molecule has 0 bridgehead atoms. The van der Waals surface area contributed by atoms with Gasteiger partial charge in [-0.05, 0) is 6.07 Å². The van der Waals surface area contributed by atoms with Gasteiger partial charge in [0, 0.05) is 11.6 Å². The third-order valence-corrected chi connectivity index (χ3v) is 2.83. The van der Waals surface area contributed by atoms with Gasteiger partial charge < -0.3 is 5.84 Å². The largest absolute Gasteiger partial charge is 0.335 e. The lowest BCUT2D eigenvalue weighted by Gasteiger charge is -2.01. The molecule has 0 radical (unpaired) electrons. The van der Waals surface area contributed by atoms with Crippen LogP contribution in [-0.4, -0.2) is 26.0 Å². The number of rotatable bonds is 4. The van der Waals surface area contributed by atoms with Crippen molar-refractivity contribution in [3.8, 4) is 0 Å². The lowest BCUT2D eigenvalue weighted by atomic mass is 10.2. The molecular weight excluding hydrogens is 345 g/mol. The van der Waals surface area contributed by atoms with Gasteiger partial charge in [-0.1, -0.05) is 23.2 Å². The highest BCUT2D eigenvalue weighted by Gasteiger charge is 2.15. The minimum Gasteiger partial charge on any atom is -0.335 e. The van der Waals surface area contributed by atoms with Crippen LogP contribution in [0.3, 0.4) is 0 Å². The number of nitrogens with zero attached hydrogens (tertiary/aromatic N) is 5. The van der Waals surface area contributed by atoms with Gasteiger partial charge in [0.05, 0.1) is 16.2 Å². The molecule has 112 valence electrons. The molecule has 0 unspecified atom stereocenters. The first kappa shape index (κ1) is 17.0. The fourth-order valence-electron chi connectivity index (χ4n) is 1.27. The van der Waals surface area contributed by atoms with Crippen LogP contribution in [0.4, 0.5) is 11.6 Å². The molecule has 1 heterocycles. The smallest absolute Gasteiger partial charge is 0.288 e. The number of anilines is 1. The van der Waals surface area contributed by atoms with E-state index in [1.165, 1.54) is 24.7 Å². The van der Waals surface area contributed by atoms with Crippen LogP contribution in [0.5, 0.6) is 0 Å². The Hall–Kier alpha value is -2.10. The number of hydrazone groups is 1. The number of nitro benzene ring substituents is 1. The Morgan fingerprint density at radius 3 is 2.71 bits per heavy atom. The van der Waals surface area contributed by atoms with Gasteiger partial charge in [-0.15, -0.1) is 22.6 Å². The minimum atomic E-state index is -0.611. The quantitative estimate of drug-likeness (QED) is 0.375. The first-order chi connectivity index (χ1) is 9.49. The third kappa shape index (κ3) is 3.94. The van der Waals surface area contributed by atoms with E-state index in [0.717, 1.165) is 4.68 Å². The molecule has 0 saturated heterocycles. The highest BCUT2D eigenvalue weighted by molar-refractivity contribution is 6.37. The highest BCUT2D eigenvalue weighted by atomic mass is 35.5. The van der Waals surface area contributed by atoms with Crippen molar-refractivity contribution in [2.45, 2.75) is 0 Å². The van der Waals surface area contributed by atoms with Gasteiger partial charge in [0.2, 0.25) is 0 Å². The number of hydrogen-bond donors (Lipinski definition) is 2. The van der Waals surface area contributed by atoms with E-state index in [-0.39, 0.29) is 34.1 Å². The van der Waals surface area contributed by atoms with Gasteiger partial charge in [0.25, 0.3) is 11.6 Å². The van der Waals surface area contributed by atoms with Crippen molar-refractivity contribution in [3.05, 3.63) is 44.2 Å². The van der Waals surface area contributed by atoms with Crippen molar-refractivity contribution in [1.29, 1.82) is 0 Å². The zero-order valence-corrected chi connectivity index (χ0v) is 12.4. The van der Waals surface area contributed by atoms with Gasteiger partial charge in [-0.3, -0.25) is 10.1 Å². The van der Waals surface area contributed by atoms with E-state index in [2.05, 4.69) is 20.7 Å². The zero-order valence-electron chi connectivity index (χ0n) is 10.1. The zero-order chi connectivity index (χ0) is 14.7. The number of nitrogens with two attached hydrogens (primary N) is 1. The summed E-state index contributed by atoms with van der Waals surface area (Å²) in [6.07, 6.45) is 2.55. The first-order valence-corrected chi connectivity index (χ1v) is 5.82. The van der Waals surface area contributed by atoms with Crippen molar-refractivity contribution in [3.63, 3.8) is 0 Å². The van der Waals surface area contributed by atoms with Gasteiger partial charge in [-0.25, -0.2) is 10.1 Å². The van der Waals surface area contributed by atoms with Crippen LogP contribution in [0, 0.1) is 10.1 Å². The van der Waals surface area contributed by atoms with E-state index in [1.807, 2.05) is 0 Å². The minimum absolute atomic E-state index is 0. The SMILES string of the molecule is Cl.Nn1cnnc1N/N=C/c1cc([N+](=O)[O-])c(Cl)cc1Cl. The van der Waals surface area contributed by atoms with E-state index in [4.69, 9.17) is 29.0 Å². The Bertz CT molecular complexity index is 688. The lowest BCUT2D eigenvalue weighted by molar-refractivity contribution is -0.384. The Morgan fingerprint density at radius 2 is 2.14 bits per heavy atom. The van der Waals surface area contributed by atoms with Crippen LogP contribution in [0.2, 0.25) is 10.0 Å². The third-order valence-electron chi connectivity index (χ3n) is 2.20. The molecule has 0 amide bonds. The summed E-state index contributed by atoms with van der Waals surface area (Å²) in [6.45, 7) is 0. The van der Waals surface area contributed by atoms with Gasteiger partial charge in [0.15, 0.2) is 0 Å². The van der Waals surface area contributed by atoms with Crippen molar-refractivity contribution in [1.82, 2.24) is 14.9 Å². The average Bonchev–Trinajstić information content (AvgIpc) is 2.77. The molecule has 0 fully saturated rings. The number of nitro groups is 1. The van der Waals surface area contributed by atoms with Gasteiger partial charge in [0.1, 0.15) is 11.3 Å². The number of halogens is 3. The topological polar surface area (TPSA) is 124 Å². The van der Waals surface area contributed by atoms with E-state index >= 15 is 0 Å². The molecule has 3 N–H and O–H groups in total. The van der Waals surface area contributed by atoms with E-state index < -0.39 is 4.92 Å². The molecule has 1 aromatic heterocycles. The van der Waals surface area contributed by atoms with Gasteiger partial charge >= 0.3 is 0 Å². The predicted octanol–water partition coefficient (Wildman–Crippen LogP) is 2.07. The molecule has 0 aliphatic heterocycles. The van der Waals surface area contributed by atoms with Crippen LogP contribution in [0.15, 0.2) is 23.6 Å². The summed E-state index contributed by atoms with van der Waals surface area (Å²) in [5, 5.41) is 21.9. The molecule has 21 heavy (non-hydrogen) atoms. The summed E-state index contributed by atoms with van der Waals surface area (Å²) in [4.78, 5) is 10.2. The van der Waals surface area contributed by atoms with Crippen molar-refractivity contribution in [2.24, 2.45) is 5.10 Å². The molecule has 2 aromatic rings. The van der Waals surface area contributed by atoms with Crippen LogP contribution < -0.4 is 11.3 Å². The van der Waals surface area contributed by atoms with Gasteiger partial charge in [-0.2, -0.15) is 5.10 Å². The monoisotopic (exact) mass is 351 g/mol. The second-order valence-corrected chi connectivity index (χ2v) is 4.33. The van der Waals surface area contributed by atoms with E-state index in [1.54, 1.807) is 0 Å². The second-order valence-electron chi connectivity index (χ2n) is 3.51. The van der Waals surface area contributed by atoms with E-state index in [0.29, 0.717) is 5.56 Å². The van der Waals surface area contributed by atoms with Crippen LogP contribution in [-0.2, 0) is 0 Å². The summed E-state index contributed by atoms with van der Waals surface area (Å²) in [7, 11) is 0. The molecule has 0 spiro atoms. The van der Waals surface area contributed by atoms with Crippen LogP contribution >= 0.6 is 35.6 Å². The summed E-state index contributed by atoms with van der Waals surface area (Å²) in [5.74, 6) is 5.65. The molecular formula is C9H8Cl3N7O2.